The highest BCUT2D eigenvalue weighted by molar-refractivity contribution is 6.08. The van der Waals surface area contributed by atoms with Crippen LogP contribution in [-0.4, -0.2) is 55.1 Å². The van der Waals surface area contributed by atoms with Crippen molar-refractivity contribution in [2.45, 2.75) is 37.7 Å². The fourth-order valence-corrected chi connectivity index (χ4v) is 5.33. The number of ether oxygens (including phenoxy) is 3. The number of benzene rings is 2. The maximum atomic E-state index is 13.6. The molecule has 1 saturated heterocycles. The number of hydrogen-bond donors (Lipinski definition) is 1. The zero-order valence-electron chi connectivity index (χ0n) is 20.3. The highest BCUT2D eigenvalue weighted by atomic mass is 35.5. The highest BCUT2D eigenvalue weighted by Crippen LogP contribution is 2.46. The van der Waals surface area contributed by atoms with Gasteiger partial charge in [0.1, 0.15) is 5.75 Å². The Labute approximate surface area is 218 Å². The molecule has 1 fully saturated rings. The fourth-order valence-electron chi connectivity index (χ4n) is 5.33. The van der Waals surface area contributed by atoms with E-state index in [1.165, 1.54) is 19.2 Å². The maximum absolute atomic E-state index is 13.6. The first-order chi connectivity index (χ1) is 17.2. The van der Waals surface area contributed by atoms with Crippen molar-refractivity contribution in [1.29, 1.82) is 0 Å². The number of carbonyl (C=O) groups is 1. The van der Waals surface area contributed by atoms with Crippen LogP contribution >= 0.6 is 12.4 Å². The molecule has 11 heteroatoms. The van der Waals surface area contributed by atoms with E-state index in [9.17, 15) is 18.0 Å². The normalized spacial score (nSPS) is 16.4. The van der Waals surface area contributed by atoms with E-state index in [1.54, 1.807) is 21.7 Å². The van der Waals surface area contributed by atoms with Gasteiger partial charge < -0.3 is 29.4 Å². The molecule has 1 amide bonds. The molecule has 2 N–H and O–H groups in total. The number of amides is 1. The van der Waals surface area contributed by atoms with Crippen LogP contribution in [0.25, 0.3) is 10.9 Å². The van der Waals surface area contributed by atoms with Crippen LogP contribution in [0.15, 0.2) is 42.6 Å². The molecule has 0 unspecified atom stereocenters. The van der Waals surface area contributed by atoms with Crippen LogP contribution in [0.2, 0.25) is 0 Å². The Morgan fingerprint density at radius 1 is 1.19 bits per heavy atom. The third-order valence-corrected chi connectivity index (χ3v) is 7.22. The van der Waals surface area contributed by atoms with E-state index < -0.39 is 6.36 Å². The lowest BCUT2D eigenvalue weighted by Gasteiger charge is -2.38. The molecule has 3 heterocycles. The molecule has 1 spiro atoms. The first-order valence-corrected chi connectivity index (χ1v) is 11.9. The number of rotatable bonds is 6. The van der Waals surface area contributed by atoms with E-state index in [0.29, 0.717) is 37.2 Å². The van der Waals surface area contributed by atoms with Crippen LogP contribution in [0.1, 0.15) is 34.3 Å². The van der Waals surface area contributed by atoms with Gasteiger partial charge in [-0.15, -0.1) is 25.6 Å². The summed E-state index contributed by atoms with van der Waals surface area (Å²) in [6.07, 6.45) is -1.80. The molecule has 0 bridgehead atoms. The van der Waals surface area contributed by atoms with Crippen molar-refractivity contribution in [2.24, 2.45) is 5.73 Å². The first kappa shape index (κ1) is 27.1. The van der Waals surface area contributed by atoms with Gasteiger partial charge in [0.15, 0.2) is 5.75 Å². The maximum Gasteiger partial charge on any atom is 0.573 e. The van der Waals surface area contributed by atoms with Crippen LogP contribution in [0, 0.1) is 0 Å². The van der Waals surface area contributed by atoms with Crippen molar-refractivity contribution in [3.63, 3.8) is 0 Å². The molecule has 0 aliphatic carbocycles. The predicted octanol–water partition coefficient (Wildman–Crippen LogP) is 4.63. The summed E-state index contributed by atoms with van der Waals surface area (Å²) in [4.78, 5) is 15.4. The zero-order valence-corrected chi connectivity index (χ0v) is 21.2. The Bertz CT molecular complexity index is 1290. The summed E-state index contributed by atoms with van der Waals surface area (Å²) < 4.78 is 56.1. The minimum Gasteiger partial charge on any atom is -0.492 e. The number of carbonyl (C=O) groups excluding carboxylic acids is 1. The quantitative estimate of drug-likeness (QED) is 0.494. The summed E-state index contributed by atoms with van der Waals surface area (Å²) in [5.41, 5.74) is 8.41. The molecule has 0 saturated carbocycles. The van der Waals surface area contributed by atoms with Crippen molar-refractivity contribution >= 4 is 29.2 Å². The second-order valence-corrected chi connectivity index (χ2v) is 9.32. The Balaban J connectivity index is 0.00000320. The number of methoxy groups -OCH3 is 1. The van der Waals surface area contributed by atoms with Gasteiger partial charge in [0.2, 0.25) is 0 Å². The van der Waals surface area contributed by atoms with Crippen molar-refractivity contribution in [3.05, 3.63) is 59.3 Å². The average Bonchev–Trinajstić information content (AvgIpc) is 3.41. The molecule has 2 aliphatic rings. The second kappa shape index (κ2) is 10.4. The van der Waals surface area contributed by atoms with Crippen LogP contribution in [0.3, 0.4) is 0 Å². The number of piperidine rings is 1. The third kappa shape index (κ3) is 5.10. The molecule has 2 aromatic carbocycles. The fraction of sp³-hybridized carbons (Fsp3) is 0.423. The lowest BCUT2D eigenvalue weighted by atomic mass is 9.74. The molecule has 3 aromatic rings. The monoisotopic (exact) mass is 539 g/mol. The van der Waals surface area contributed by atoms with Crippen molar-refractivity contribution < 1.29 is 32.2 Å². The summed E-state index contributed by atoms with van der Waals surface area (Å²) in [6, 6.07) is 10.4. The number of halogens is 4. The standard InChI is InChI=1S/C26H28F3N3O4.ClH/c1-34-12-11-32-15-19(18-3-2-4-22(23(18)32)36-26(27,28)29)24(33)31-9-7-25(8-10-31)16-35-21-6-5-17(14-30)13-20(21)25;/h2-6,13,15H,7-12,14,16,30H2,1H3;1H. The van der Waals surface area contributed by atoms with Gasteiger partial charge in [0.05, 0.1) is 24.3 Å². The molecule has 7 nitrogen and oxygen atoms in total. The molecule has 0 radical (unpaired) electrons. The van der Waals surface area contributed by atoms with Gasteiger partial charge in [-0.1, -0.05) is 24.3 Å². The summed E-state index contributed by atoms with van der Waals surface area (Å²) in [7, 11) is 1.51. The van der Waals surface area contributed by atoms with Gasteiger partial charge in [0.25, 0.3) is 5.91 Å². The summed E-state index contributed by atoms with van der Waals surface area (Å²) >= 11 is 0. The minimum atomic E-state index is -4.85. The molecular weight excluding hydrogens is 511 g/mol. The summed E-state index contributed by atoms with van der Waals surface area (Å²) in [5.74, 6) is 0.304. The van der Waals surface area contributed by atoms with Crippen molar-refractivity contribution in [1.82, 2.24) is 9.47 Å². The van der Waals surface area contributed by atoms with Gasteiger partial charge in [-0.3, -0.25) is 4.79 Å². The zero-order chi connectivity index (χ0) is 25.5. The lowest BCUT2D eigenvalue weighted by molar-refractivity contribution is -0.274. The van der Waals surface area contributed by atoms with E-state index in [2.05, 4.69) is 10.8 Å². The topological polar surface area (TPSA) is 79.0 Å². The minimum absolute atomic E-state index is 0. The molecule has 200 valence electrons. The van der Waals surface area contributed by atoms with Crippen LogP contribution in [-0.2, 0) is 23.2 Å². The second-order valence-electron chi connectivity index (χ2n) is 9.32. The average molecular weight is 540 g/mol. The Morgan fingerprint density at radius 3 is 2.62 bits per heavy atom. The van der Waals surface area contributed by atoms with E-state index >= 15 is 0 Å². The van der Waals surface area contributed by atoms with Gasteiger partial charge in [-0.25, -0.2) is 0 Å². The largest absolute Gasteiger partial charge is 0.573 e. The van der Waals surface area contributed by atoms with E-state index in [-0.39, 0.29) is 48.1 Å². The van der Waals surface area contributed by atoms with Crippen LogP contribution in [0.5, 0.6) is 11.5 Å². The first-order valence-electron chi connectivity index (χ1n) is 11.9. The predicted molar refractivity (Wildman–Crippen MR) is 134 cm³/mol. The molecule has 37 heavy (non-hydrogen) atoms. The smallest absolute Gasteiger partial charge is 0.492 e. The van der Waals surface area contributed by atoms with Gasteiger partial charge in [-0.2, -0.15) is 0 Å². The van der Waals surface area contributed by atoms with Crippen LogP contribution in [0.4, 0.5) is 13.2 Å². The number of likely N-dealkylation sites (tertiary alicyclic amines) is 1. The molecule has 2 aliphatic heterocycles. The highest BCUT2D eigenvalue weighted by Gasteiger charge is 2.44. The number of nitrogens with two attached hydrogens (primary N) is 1. The number of para-hydroxylation sites is 1. The summed E-state index contributed by atoms with van der Waals surface area (Å²) in [6.45, 7) is 2.58. The Hall–Kier alpha value is -2.95. The number of fused-ring (bicyclic) bond motifs is 3. The number of aromatic nitrogens is 1. The molecule has 5 rings (SSSR count). The Kier molecular flexibility index (Phi) is 7.64. The van der Waals surface area contributed by atoms with E-state index in [1.807, 2.05) is 12.1 Å². The van der Waals surface area contributed by atoms with Gasteiger partial charge >= 0.3 is 6.36 Å². The van der Waals surface area contributed by atoms with Crippen molar-refractivity contribution in [3.8, 4) is 11.5 Å². The number of alkyl halides is 3. The SMILES string of the molecule is COCCn1cc(C(=O)N2CCC3(CC2)COc2ccc(CN)cc23)c2cccc(OC(F)(F)F)c21.Cl. The van der Waals surface area contributed by atoms with Crippen LogP contribution < -0.4 is 15.2 Å². The number of nitrogens with zero attached hydrogens (tertiary/aromatic N) is 2. The van der Waals surface area contributed by atoms with Gasteiger partial charge in [-0.05, 0) is 30.5 Å². The van der Waals surface area contributed by atoms with E-state index in [4.69, 9.17) is 15.2 Å². The molecule has 0 atom stereocenters. The Morgan fingerprint density at radius 2 is 1.95 bits per heavy atom. The summed E-state index contributed by atoms with van der Waals surface area (Å²) in [5, 5.41) is 0.417. The lowest BCUT2D eigenvalue weighted by Crippen LogP contribution is -2.46. The van der Waals surface area contributed by atoms with Crippen molar-refractivity contribution in [2.75, 3.05) is 33.4 Å². The van der Waals surface area contributed by atoms with E-state index in [0.717, 1.165) is 29.7 Å². The molecule has 1 aromatic heterocycles. The third-order valence-electron chi connectivity index (χ3n) is 7.22. The molecular formula is C26H29ClF3N3O4. The van der Waals surface area contributed by atoms with Gasteiger partial charge in [0, 0.05) is 55.9 Å². The number of hydrogen-bond acceptors (Lipinski definition) is 5.